The summed E-state index contributed by atoms with van der Waals surface area (Å²) in [6.07, 6.45) is 1.23. The maximum atomic E-state index is 11.4. The Kier molecular flexibility index (Phi) is 2.27. The molecule has 0 saturated heterocycles. The fourth-order valence-corrected chi connectivity index (χ4v) is 0.797. The van der Waals surface area contributed by atoms with Crippen LogP contribution in [0.3, 0.4) is 0 Å². The van der Waals surface area contributed by atoms with Crippen molar-refractivity contribution in [1.29, 1.82) is 0 Å². The van der Waals surface area contributed by atoms with Gasteiger partial charge in [-0.15, -0.1) is 0 Å². The molecule has 5 nitrogen and oxygen atoms in total. The Morgan fingerprint density at radius 3 is 2.62 bits per heavy atom. The Bertz CT molecular complexity index is 311. The van der Waals surface area contributed by atoms with Crippen molar-refractivity contribution in [3.8, 4) is 0 Å². The third-order valence-corrected chi connectivity index (χ3v) is 1.24. The first-order valence-corrected chi connectivity index (χ1v) is 3.92. The number of carbonyl (C=O) groups is 1. The Morgan fingerprint density at radius 1 is 1.62 bits per heavy atom. The van der Waals surface area contributed by atoms with E-state index in [1.54, 1.807) is 0 Å². The van der Waals surface area contributed by atoms with Gasteiger partial charge in [0.25, 0.3) is 11.9 Å². The van der Waals surface area contributed by atoms with Crippen LogP contribution in [-0.2, 0) is 0 Å². The Morgan fingerprint density at radius 2 is 2.23 bits per heavy atom. The van der Waals surface area contributed by atoms with Crippen LogP contribution in [0.5, 0.6) is 0 Å². The molecule has 1 aromatic rings. The molecule has 0 spiro atoms. The quantitative estimate of drug-likeness (QED) is 0.674. The fraction of sp³-hybridized carbons (Fsp3) is 0.500. The summed E-state index contributed by atoms with van der Waals surface area (Å²) in [7, 11) is 0. The zero-order valence-electron chi connectivity index (χ0n) is 7.92. The molecule has 0 aliphatic heterocycles. The largest absolute Gasteiger partial charge is 0.431 e. The molecule has 5 heteroatoms. The zero-order chi connectivity index (χ0) is 10.1. The zero-order valence-corrected chi connectivity index (χ0v) is 7.92. The van der Waals surface area contributed by atoms with E-state index in [0.717, 1.165) is 0 Å². The minimum atomic E-state index is -0.287. The number of rotatable bonds is 1. The molecule has 0 bridgehead atoms. The van der Waals surface area contributed by atoms with Crippen molar-refractivity contribution in [3.63, 3.8) is 0 Å². The lowest BCUT2D eigenvalue weighted by Crippen LogP contribution is -2.40. The Labute approximate surface area is 76.3 Å². The number of aromatic nitrogens is 1. The van der Waals surface area contributed by atoms with E-state index in [-0.39, 0.29) is 23.2 Å². The second kappa shape index (κ2) is 3.08. The highest BCUT2D eigenvalue weighted by Crippen LogP contribution is 2.05. The highest BCUT2D eigenvalue weighted by Gasteiger charge is 2.17. The summed E-state index contributed by atoms with van der Waals surface area (Å²) in [5, 5.41) is 2.73. The van der Waals surface area contributed by atoms with Crippen LogP contribution >= 0.6 is 0 Å². The topological polar surface area (TPSA) is 81.2 Å². The van der Waals surface area contributed by atoms with Crippen LogP contribution in [0, 0.1) is 0 Å². The van der Waals surface area contributed by atoms with Crippen molar-refractivity contribution in [1.82, 2.24) is 10.3 Å². The Balaban J connectivity index is 2.70. The second-order valence-electron chi connectivity index (χ2n) is 3.78. The second-order valence-corrected chi connectivity index (χ2v) is 3.78. The van der Waals surface area contributed by atoms with E-state index in [1.165, 1.54) is 6.26 Å². The number of nitrogens with one attached hydrogen (secondary N) is 1. The average molecular weight is 183 g/mol. The highest BCUT2D eigenvalue weighted by molar-refractivity contribution is 5.92. The SMILES string of the molecule is CC(C)(C)NC(=O)c1coc(N)n1. The van der Waals surface area contributed by atoms with E-state index in [2.05, 4.69) is 10.3 Å². The van der Waals surface area contributed by atoms with Crippen LogP contribution in [0.25, 0.3) is 0 Å². The first kappa shape index (κ1) is 9.57. The van der Waals surface area contributed by atoms with Gasteiger partial charge < -0.3 is 15.5 Å². The average Bonchev–Trinajstić information content (AvgIpc) is 2.31. The summed E-state index contributed by atoms with van der Waals surface area (Å²) in [5.74, 6) is -0.284. The van der Waals surface area contributed by atoms with E-state index < -0.39 is 0 Å². The first-order valence-electron chi connectivity index (χ1n) is 3.92. The van der Waals surface area contributed by atoms with Crippen LogP contribution in [-0.4, -0.2) is 16.4 Å². The number of hydrogen-bond donors (Lipinski definition) is 2. The molecule has 0 unspecified atom stereocenters. The number of amides is 1. The van der Waals surface area contributed by atoms with E-state index in [1.807, 2.05) is 20.8 Å². The van der Waals surface area contributed by atoms with Gasteiger partial charge in [-0.3, -0.25) is 4.79 Å². The lowest BCUT2D eigenvalue weighted by Gasteiger charge is -2.19. The molecular weight excluding hydrogens is 170 g/mol. The predicted octanol–water partition coefficient (Wildman–Crippen LogP) is 0.785. The van der Waals surface area contributed by atoms with Crippen LogP contribution in [0.1, 0.15) is 31.3 Å². The molecule has 1 aromatic heterocycles. The predicted molar refractivity (Wildman–Crippen MR) is 48.1 cm³/mol. The summed E-state index contributed by atoms with van der Waals surface area (Å²) in [5.41, 5.74) is 5.14. The van der Waals surface area contributed by atoms with Gasteiger partial charge in [-0.2, -0.15) is 4.98 Å². The van der Waals surface area contributed by atoms with Crippen molar-refractivity contribution in [2.75, 3.05) is 5.73 Å². The van der Waals surface area contributed by atoms with Gasteiger partial charge in [0.15, 0.2) is 5.69 Å². The molecule has 1 amide bonds. The molecule has 0 atom stereocenters. The number of nitrogens with two attached hydrogens (primary N) is 1. The number of anilines is 1. The van der Waals surface area contributed by atoms with Crippen molar-refractivity contribution in [2.45, 2.75) is 26.3 Å². The van der Waals surface area contributed by atoms with Gasteiger partial charge in [-0.05, 0) is 20.8 Å². The van der Waals surface area contributed by atoms with Crippen LogP contribution < -0.4 is 11.1 Å². The number of nitrogens with zero attached hydrogens (tertiary/aromatic N) is 1. The third kappa shape index (κ3) is 2.77. The van der Waals surface area contributed by atoms with E-state index in [9.17, 15) is 4.79 Å². The van der Waals surface area contributed by atoms with E-state index >= 15 is 0 Å². The third-order valence-electron chi connectivity index (χ3n) is 1.24. The molecule has 3 N–H and O–H groups in total. The molecule has 1 rings (SSSR count). The van der Waals surface area contributed by atoms with Crippen LogP contribution in [0.15, 0.2) is 10.7 Å². The summed E-state index contributed by atoms with van der Waals surface area (Å²) in [4.78, 5) is 15.1. The van der Waals surface area contributed by atoms with Gasteiger partial charge in [-0.25, -0.2) is 0 Å². The molecular formula is C8H13N3O2. The smallest absolute Gasteiger partial charge is 0.292 e. The molecule has 0 radical (unpaired) electrons. The van der Waals surface area contributed by atoms with E-state index in [4.69, 9.17) is 10.2 Å². The van der Waals surface area contributed by atoms with Gasteiger partial charge in [0.05, 0.1) is 0 Å². The molecule has 72 valence electrons. The molecule has 13 heavy (non-hydrogen) atoms. The summed E-state index contributed by atoms with van der Waals surface area (Å²) < 4.78 is 4.71. The number of carbonyl (C=O) groups excluding carboxylic acids is 1. The number of hydrogen-bond acceptors (Lipinski definition) is 4. The molecule has 1 heterocycles. The minimum absolute atomic E-state index is 0.000871. The van der Waals surface area contributed by atoms with Gasteiger partial charge in [0, 0.05) is 5.54 Å². The molecule has 0 fully saturated rings. The van der Waals surface area contributed by atoms with Crippen molar-refractivity contribution >= 4 is 11.9 Å². The molecule has 0 aromatic carbocycles. The number of oxazole rings is 1. The van der Waals surface area contributed by atoms with Gasteiger partial charge in [0.1, 0.15) is 6.26 Å². The van der Waals surface area contributed by atoms with E-state index in [0.29, 0.717) is 0 Å². The summed E-state index contributed by atoms with van der Waals surface area (Å²) in [6.45, 7) is 5.65. The van der Waals surface area contributed by atoms with Crippen LogP contribution in [0.2, 0.25) is 0 Å². The maximum Gasteiger partial charge on any atom is 0.292 e. The fourth-order valence-electron chi connectivity index (χ4n) is 0.797. The number of nitrogen functional groups attached to an aromatic ring is 1. The van der Waals surface area contributed by atoms with Crippen molar-refractivity contribution < 1.29 is 9.21 Å². The lowest BCUT2D eigenvalue weighted by molar-refractivity contribution is 0.0914. The molecule has 0 aliphatic carbocycles. The van der Waals surface area contributed by atoms with Gasteiger partial charge in [-0.1, -0.05) is 0 Å². The summed E-state index contributed by atoms with van der Waals surface area (Å²) in [6, 6.07) is -0.000871. The maximum absolute atomic E-state index is 11.4. The lowest BCUT2D eigenvalue weighted by atomic mass is 10.1. The minimum Gasteiger partial charge on any atom is -0.431 e. The standard InChI is InChI=1S/C8H13N3O2/c1-8(2,3)11-6(12)5-4-13-7(9)10-5/h4H,1-3H3,(H2,9,10)(H,11,12). The van der Waals surface area contributed by atoms with Gasteiger partial charge in [0.2, 0.25) is 0 Å². The molecule has 0 saturated carbocycles. The van der Waals surface area contributed by atoms with Gasteiger partial charge >= 0.3 is 0 Å². The molecule has 0 aliphatic rings. The first-order chi connectivity index (χ1) is 5.88. The Hall–Kier alpha value is -1.52. The monoisotopic (exact) mass is 183 g/mol. The normalized spacial score (nSPS) is 11.3. The van der Waals surface area contributed by atoms with Crippen LogP contribution in [0.4, 0.5) is 6.01 Å². The highest BCUT2D eigenvalue weighted by atomic mass is 16.4. The van der Waals surface area contributed by atoms with Crippen molar-refractivity contribution in [3.05, 3.63) is 12.0 Å². The van der Waals surface area contributed by atoms with Crippen molar-refractivity contribution in [2.24, 2.45) is 0 Å². The summed E-state index contributed by atoms with van der Waals surface area (Å²) >= 11 is 0.